The van der Waals surface area contributed by atoms with E-state index in [1.807, 2.05) is 18.2 Å². The quantitative estimate of drug-likeness (QED) is 0.288. The molecular formula is C23H26O9. The third-order valence-corrected chi connectivity index (χ3v) is 4.42. The van der Waals surface area contributed by atoms with Gasteiger partial charge in [-0.1, -0.05) is 18.2 Å². The molecule has 0 amide bonds. The number of hydrogen-bond donors (Lipinski definition) is 2. The monoisotopic (exact) mass is 446 g/mol. The fourth-order valence-electron chi connectivity index (χ4n) is 2.80. The van der Waals surface area contributed by atoms with Gasteiger partial charge in [-0.05, 0) is 35.4 Å². The van der Waals surface area contributed by atoms with Crippen LogP contribution in [0.1, 0.15) is 29.5 Å². The molecule has 0 saturated carbocycles. The molecule has 172 valence electrons. The minimum Gasteiger partial charge on any atom is -0.496 e. The summed E-state index contributed by atoms with van der Waals surface area (Å²) >= 11 is 0. The molecule has 9 nitrogen and oxygen atoms in total. The molecule has 0 unspecified atom stereocenters. The molecular weight excluding hydrogens is 420 g/mol. The van der Waals surface area contributed by atoms with E-state index in [0.29, 0.717) is 28.6 Å². The predicted molar refractivity (Wildman–Crippen MR) is 116 cm³/mol. The van der Waals surface area contributed by atoms with E-state index in [4.69, 9.17) is 28.8 Å². The Bertz CT molecular complexity index is 941. The first-order valence-electron chi connectivity index (χ1n) is 9.63. The molecule has 0 atom stereocenters. The maximum absolute atomic E-state index is 11.5. The molecule has 9 heteroatoms. The van der Waals surface area contributed by atoms with Crippen LogP contribution in [0.4, 0.5) is 0 Å². The maximum Gasteiger partial charge on any atom is 0.309 e. The van der Waals surface area contributed by atoms with Crippen LogP contribution >= 0.6 is 0 Å². The average Bonchev–Trinajstić information content (AvgIpc) is 2.80. The Hall–Kier alpha value is -3.72. The molecule has 0 bridgehead atoms. The van der Waals surface area contributed by atoms with Crippen LogP contribution in [-0.2, 0) is 20.9 Å². The second kappa shape index (κ2) is 12.2. The lowest BCUT2D eigenvalue weighted by Crippen LogP contribution is -2.12. The Morgan fingerprint density at radius 2 is 1.44 bits per heavy atom. The zero-order chi connectivity index (χ0) is 23.5. The van der Waals surface area contributed by atoms with E-state index < -0.39 is 11.9 Å². The molecule has 0 spiro atoms. The van der Waals surface area contributed by atoms with Crippen molar-refractivity contribution in [2.45, 2.75) is 19.4 Å². The van der Waals surface area contributed by atoms with Crippen molar-refractivity contribution in [2.75, 3.05) is 28.1 Å². The number of aliphatic carboxylic acids is 1. The number of carboxylic acids is 1. The van der Waals surface area contributed by atoms with E-state index in [9.17, 15) is 14.7 Å². The van der Waals surface area contributed by atoms with Gasteiger partial charge in [0, 0.05) is 0 Å². The van der Waals surface area contributed by atoms with E-state index in [1.54, 1.807) is 24.3 Å². The Kier molecular flexibility index (Phi) is 9.37. The molecule has 2 aromatic rings. The van der Waals surface area contributed by atoms with Crippen molar-refractivity contribution in [3.8, 4) is 23.0 Å². The van der Waals surface area contributed by atoms with Crippen LogP contribution in [0, 0.1) is 0 Å². The molecule has 2 rings (SSSR count). The number of hydrogen-bond acceptors (Lipinski definition) is 8. The first-order valence-corrected chi connectivity index (χ1v) is 9.63. The molecule has 0 radical (unpaired) electrons. The Morgan fingerprint density at radius 1 is 0.844 bits per heavy atom. The average molecular weight is 446 g/mol. The molecule has 0 aliphatic heterocycles. The fraction of sp³-hybridized carbons (Fsp3) is 0.304. The summed E-state index contributed by atoms with van der Waals surface area (Å²) in [5, 5.41) is 18.1. The third kappa shape index (κ3) is 6.92. The first-order chi connectivity index (χ1) is 15.4. The van der Waals surface area contributed by atoms with Crippen molar-refractivity contribution < 1.29 is 43.5 Å². The van der Waals surface area contributed by atoms with Crippen LogP contribution in [0.15, 0.2) is 30.3 Å². The molecule has 32 heavy (non-hydrogen) atoms. The first kappa shape index (κ1) is 24.5. The third-order valence-electron chi connectivity index (χ3n) is 4.42. The number of carbonyl (C=O) groups is 2. The number of carboxylic acid groups (broad SMARTS) is 1. The zero-order valence-electron chi connectivity index (χ0n) is 18.1. The van der Waals surface area contributed by atoms with E-state index in [0.717, 1.165) is 11.1 Å². The van der Waals surface area contributed by atoms with Gasteiger partial charge in [0.05, 0.1) is 46.3 Å². The van der Waals surface area contributed by atoms with Gasteiger partial charge in [0.25, 0.3) is 0 Å². The molecule has 0 aliphatic carbocycles. The summed E-state index contributed by atoms with van der Waals surface area (Å²) in [5.41, 5.74) is 2.13. The van der Waals surface area contributed by atoms with Crippen molar-refractivity contribution in [3.63, 3.8) is 0 Å². The van der Waals surface area contributed by atoms with Crippen LogP contribution in [0.3, 0.4) is 0 Å². The van der Waals surface area contributed by atoms with Crippen molar-refractivity contribution in [1.29, 1.82) is 0 Å². The highest BCUT2D eigenvalue weighted by molar-refractivity contribution is 5.76. The Labute approximate surface area is 185 Å². The minimum absolute atomic E-state index is 0.212. The van der Waals surface area contributed by atoms with Gasteiger partial charge in [-0.15, -0.1) is 0 Å². The number of aliphatic hydroxyl groups excluding tert-OH is 1. The predicted octanol–water partition coefficient (Wildman–Crippen LogP) is 3.12. The summed E-state index contributed by atoms with van der Waals surface area (Å²) in [6, 6.07) is 8.79. The van der Waals surface area contributed by atoms with Crippen LogP contribution in [-0.4, -0.2) is 50.3 Å². The topological polar surface area (TPSA) is 121 Å². The summed E-state index contributed by atoms with van der Waals surface area (Å²) < 4.78 is 26.3. The van der Waals surface area contributed by atoms with E-state index in [2.05, 4.69) is 0 Å². The van der Waals surface area contributed by atoms with Gasteiger partial charge < -0.3 is 33.9 Å². The SMILES string of the molecule is COc1ccc(/C=C\c2cc(OC)c(CO)c(OC)c2)cc1OCOC(=O)CCC(=O)O. The summed E-state index contributed by atoms with van der Waals surface area (Å²) in [6.45, 7) is -0.588. The minimum atomic E-state index is -1.08. The van der Waals surface area contributed by atoms with Gasteiger partial charge in [-0.25, -0.2) is 0 Å². The van der Waals surface area contributed by atoms with Crippen LogP contribution in [0.25, 0.3) is 12.2 Å². The number of methoxy groups -OCH3 is 3. The van der Waals surface area contributed by atoms with E-state index >= 15 is 0 Å². The lowest BCUT2D eigenvalue weighted by atomic mass is 10.1. The normalized spacial score (nSPS) is 10.6. The maximum atomic E-state index is 11.5. The number of rotatable bonds is 12. The largest absolute Gasteiger partial charge is 0.496 e. The number of ether oxygens (including phenoxy) is 5. The van der Waals surface area contributed by atoms with Crippen molar-refractivity contribution in [1.82, 2.24) is 0 Å². The van der Waals surface area contributed by atoms with Gasteiger partial charge in [0.2, 0.25) is 6.79 Å². The van der Waals surface area contributed by atoms with Crippen LogP contribution in [0.2, 0.25) is 0 Å². The van der Waals surface area contributed by atoms with Crippen LogP contribution in [0.5, 0.6) is 23.0 Å². The summed E-state index contributed by atoms with van der Waals surface area (Å²) in [4.78, 5) is 22.0. The van der Waals surface area contributed by atoms with Gasteiger partial charge >= 0.3 is 11.9 Å². The second-order valence-electron chi connectivity index (χ2n) is 6.48. The highest BCUT2D eigenvalue weighted by Crippen LogP contribution is 2.32. The molecule has 0 aromatic heterocycles. The van der Waals surface area contributed by atoms with Gasteiger partial charge in [-0.2, -0.15) is 0 Å². The highest BCUT2D eigenvalue weighted by atomic mass is 16.7. The number of esters is 1. The molecule has 0 saturated heterocycles. The number of carbonyl (C=O) groups excluding carboxylic acids is 1. The standard InChI is InChI=1S/C23H26O9/c1-28-18-7-6-15(10-21(18)31-14-32-23(27)9-8-22(25)26)4-5-16-11-19(29-2)17(13-24)20(12-16)30-3/h4-7,10-12,24H,8-9,13-14H2,1-3H3,(H,25,26)/b5-4-. The summed E-state index contributed by atoms with van der Waals surface area (Å²) in [7, 11) is 4.52. The Balaban J connectivity index is 2.13. The lowest BCUT2D eigenvalue weighted by molar-refractivity contribution is -0.153. The second-order valence-corrected chi connectivity index (χ2v) is 6.48. The molecule has 0 heterocycles. The fourth-order valence-corrected chi connectivity index (χ4v) is 2.80. The molecule has 2 aromatic carbocycles. The Morgan fingerprint density at radius 3 is 2.00 bits per heavy atom. The lowest BCUT2D eigenvalue weighted by Gasteiger charge is -2.13. The number of benzene rings is 2. The van der Waals surface area contributed by atoms with E-state index in [-0.39, 0.29) is 26.2 Å². The van der Waals surface area contributed by atoms with Crippen LogP contribution < -0.4 is 18.9 Å². The van der Waals surface area contributed by atoms with Crippen molar-refractivity contribution in [3.05, 3.63) is 47.0 Å². The number of aliphatic hydroxyl groups is 1. The molecule has 0 aliphatic rings. The summed E-state index contributed by atoms with van der Waals surface area (Å²) in [6.07, 6.45) is 3.12. The highest BCUT2D eigenvalue weighted by Gasteiger charge is 2.11. The van der Waals surface area contributed by atoms with Gasteiger partial charge in [0.15, 0.2) is 11.5 Å². The molecule has 2 N–H and O–H groups in total. The van der Waals surface area contributed by atoms with Gasteiger partial charge in [-0.3, -0.25) is 9.59 Å². The summed E-state index contributed by atoms with van der Waals surface area (Å²) in [5.74, 6) is 0.0673. The van der Waals surface area contributed by atoms with Gasteiger partial charge in [0.1, 0.15) is 11.5 Å². The van der Waals surface area contributed by atoms with Crippen molar-refractivity contribution >= 4 is 24.1 Å². The zero-order valence-corrected chi connectivity index (χ0v) is 18.1. The van der Waals surface area contributed by atoms with E-state index in [1.165, 1.54) is 21.3 Å². The molecule has 0 fully saturated rings. The smallest absolute Gasteiger partial charge is 0.309 e. The van der Waals surface area contributed by atoms with Crippen molar-refractivity contribution in [2.24, 2.45) is 0 Å².